The monoisotopic (exact) mass is 293 g/mol. The Kier molecular flexibility index (Phi) is 3.16. The van der Waals surface area contributed by atoms with Crippen LogP contribution < -0.4 is 15.0 Å². The summed E-state index contributed by atoms with van der Waals surface area (Å²) in [6.45, 7) is 3.61. The second-order valence-electron chi connectivity index (χ2n) is 4.50. The van der Waals surface area contributed by atoms with Crippen LogP contribution in [0.25, 0.3) is 10.9 Å². The van der Waals surface area contributed by atoms with E-state index in [4.69, 9.17) is 21.1 Å². The molecule has 0 radical (unpaired) electrons. The Morgan fingerprint density at radius 2 is 2.05 bits per heavy atom. The molecule has 0 unspecified atom stereocenters. The summed E-state index contributed by atoms with van der Waals surface area (Å²) >= 11 is 5.82. The van der Waals surface area contributed by atoms with Crippen molar-refractivity contribution in [1.29, 1.82) is 0 Å². The molecule has 0 amide bonds. The Bertz CT molecular complexity index is 766. The number of ether oxygens (including phenoxy) is 2. The first-order valence-corrected chi connectivity index (χ1v) is 6.38. The highest BCUT2D eigenvalue weighted by molar-refractivity contribution is 6.29. The summed E-state index contributed by atoms with van der Waals surface area (Å²) in [6.07, 6.45) is 0. The highest BCUT2D eigenvalue weighted by Crippen LogP contribution is 2.36. The van der Waals surface area contributed by atoms with Crippen LogP contribution in [0.4, 0.5) is 0 Å². The molecule has 2 aromatic rings. The van der Waals surface area contributed by atoms with Crippen molar-refractivity contribution in [3.63, 3.8) is 0 Å². The van der Waals surface area contributed by atoms with Gasteiger partial charge in [-0.25, -0.2) is 0 Å². The second-order valence-corrected chi connectivity index (χ2v) is 5.04. The van der Waals surface area contributed by atoms with Crippen molar-refractivity contribution < 1.29 is 14.6 Å². The SMILES string of the molecule is C=C(Cl)Cn1c(=O)c(CO)cc2cc3c(cc21)OCO3. The maximum atomic E-state index is 12.3. The maximum Gasteiger partial charge on any atom is 0.256 e. The smallest absolute Gasteiger partial charge is 0.256 e. The minimum atomic E-state index is -0.335. The number of nitrogens with zero attached hydrogens (tertiary/aromatic N) is 1. The van der Waals surface area contributed by atoms with E-state index in [0.717, 1.165) is 5.39 Å². The molecular weight excluding hydrogens is 282 g/mol. The number of benzene rings is 1. The Morgan fingerprint density at radius 3 is 2.70 bits per heavy atom. The van der Waals surface area contributed by atoms with Crippen LogP contribution in [0, 0.1) is 0 Å². The molecule has 0 spiro atoms. The zero-order valence-electron chi connectivity index (χ0n) is 10.6. The normalized spacial score (nSPS) is 12.9. The summed E-state index contributed by atoms with van der Waals surface area (Å²) in [5.74, 6) is 1.21. The van der Waals surface area contributed by atoms with Crippen molar-refractivity contribution in [2.45, 2.75) is 13.2 Å². The van der Waals surface area contributed by atoms with E-state index in [1.807, 2.05) is 0 Å². The molecular formula is C14H12ClNO4. The lowest BCUT2D eigenvalue weighted by Crippen LogP contribution is -2.24. The van der Waals surface area contributed by atoms with Gasteiger partial charge in [0.2, 0.25) is 6.79 Å². The predicted molar refractivity (Wildman–Crippen MR) is 75.2 cm³/mol. The van der Waals surface area contributed by atoms with Crippen LogP contribution in [0.2, 0.25) is 0 Å². The van der Waals surface area contributed by atoms with Gasteiger partial charge in [-0.15, -0.1) is 0 Å². The van der Waals surface area contributed by atoms with E-state index in [-0.39, 0.29) is 25.5 Å². The van der Waals surface area contributed by atoms with Crippen molar-refractivity contribution in [2.24, 2.45) is 0 Å². The molecule has 20 heavy (non-hydrogen) atoms. The van der Waals surface area contributed by atoms with E-state index in [2.05, 4.69) is 6.58 Å². The minimum absolute atomic E-state index is 0.158. The summed E-state index contributed by atoms with van der Waals surface area (Å²) in [4.78, 5) is 12.3. The van der Waals surface area contributed by atoms with Gasteiger partial charge in [0.1, 0.15) is 0 Å². The third-order valence-corrected chi connectivity index (χ3v) is 3.28. The number of allylic oxidation sites excluding steroid dienone is 1. The van der Waals surface area contributed by atoms with Crippen molar-refractivity contribution in [3.8, 4) is 11.5 Å². The lowest BCUT2D eigenvalue weighted by atomic mass is 10.1. The molecule has 1 aliphatic heterocycles. The fourth-order valence-corrected chi connectivity index (χ4v) is 2.39. The largest absolute Gasteiger partial charge is 0.454 e. The van der Waals surface area contributed by atoms with E-state index >= 15 is 0 Å². The molecule has 0 saturated heterocycles. The number of fused-ring (bicyclic) bond motifs is 2. The average molecular weight is 294 g/mol. The third kappa shape index (κ3) is 2.05. The quantitative estimate of drug-likeness (QED) is 0.940. The Balaban J connectivity index is 2.34. The highest BCUT2D eigenvalue weighted by atomic mass is 35.5. The number of aliphatic hydroxyl groups excluding tert-OH is 1. The number of aromatic nitrogens is 1. The molecule has 1 aromatic heterocycles. The summed E-state index contributed by atoms with van der Waals surface area (Å²) in [5, 5.41) is 10.4. The van der Waals surface area contributed by atoms with Gasteiger partial charge < -0.3 is 19.1 Å². The Hall–Kier alpha value is -1.98. The first kappa shape index (κ1) is 13.0. The van der Waals surface area contributed by atoms with Gasteiger partial charge in [0.15, 0.2) is 11.5 Å². The van der Waals surface area contributed by atoms with E-state index in [1.54, 1.807) is 18.2 Å². The Labute approximate surface area is 119 Å². The fraction of sp³-hybridized carbons (Fsp3) is 0.214. The number of aliphatic hydroxyl groups is 1. The molecule has 0 atom stereocenters. The van der Waals surface area contributed by atoms with Gasteiger partial charge in [-0.1, -0.05) is 18.2 Å². The fourth-order valence-electron chi connectivity index (χ4n) is 2.27. The van der Waals surface area contributed by atoms with Crippen LogP contribution >= 0.6 is 11.6 Å². The number of halogens is 1. The minimum Gasteiger partial charge on any atom is -0.454 e. The number of hydrogen-bond donors (Lipinski definition) is 1. The van der Waals surface area contributed by atoms with Crippen LogP contribution in [-0.2, 0) is 13.2 Å². The van der Waals surface area contributed by atoms with Gasteiger partial charge >= 0.3 is 0 Å². The highest BCUT2D eigenvalue weighted by Gasteiger charge is 2.17. The van der Waals surface area contributed by atoms with Crippen LogP contribution in [0.1, 0.15) is 5.56 Å². The molecule has 3 rings (SSSR count). The van der Waals surface area contributed by atoms with Crippen molar-refractivity contribution in [3.05, 3.63) is 45.7 Å². The standard InChI is InChI=1S/C14H12ClNO4/c1-8(15)5-16-11-4-13-12(19-7-20-13)3-9(11)2-10(6-17)14(16)18/h2-4,17H,1,5-7H2. The topological polar surface area (TPSA) is 60.7 Å². The molecule has 0 bridgehead atoms. The molecule has 0 fully saturated rings. The Morgan fingerprint density at radius 1 is 1.35 bits per heavy atom. The van der Waals surface area contributed by atoms with Crippen LogP contribution in [0.3, 0.4) is 0 Å². The third-order valence-electron chi connectivity index (χ3n) is 3.16. The van der Waals surface area contributed by atoms with Gasteiger partial charge in [-0.3, -0.25) is 4.79 Å². The van der Waals surface area contributed by atoms with Crippen LogP contribution in [0.15, 0.2) is 34.6 Å². The van der Waals surface area contributed by atoms with E-state index in [1.165, 1.54) is 4.57 Å². The van der Waals surface area contributed by atoms with E-state index in [9.17, 15) is 9.90 Å². The molecule has 0 saturated carbocycles. The van der Waals surface area contributed by atoms with E-state index < -0.39 is 0 Å². The number of rotatable bonds is 3. The van der Waals surface area contributed by atoms with Crippen molar-refractivity contribution in [1.82, 2.24) is 4.57 Å². The molecule has 1 N–H and O–H groups in total. The summed E-state index contributed by atoms with van der Waals surface area (Å²) in [5.41, 5.74) is 0.674. The zero-order valence-corrected chi connectivity index (χ0v) is 11.3. The first-order valence-electron chi connectivity index (χ1n) is 6.00. The van der Waals surface area contributed by atoms with Gasteiger partial charge in [0, 0.05) is 22.0 Å². The van der Waals surface area contributed by atoms with Crippen molar-refractivity contribution in [2.75, 3.05) is 6.79 Å². The van der Waals surface area contributed by atoms with E-state index in [0.29, 0.717) is 27.6 Å². The molecule has 1 aromatic carbocycles. The summed E-state index contributed by atoms with van der Waals surface area (Å²) in [6, 6.07) is 5.16. The van der Waals surface area contributed by atoms with Gasteiger partial charge in [-0.05, 0) is 12.1 Å². The summed E-state index contributed by atoms with van der Waals surface area (Å²) < 4.78 is 12.1. The van der Waals surface area contributed by atoms with Gasteiger partial charge in [-0.2, -0.15) is 0 Å². The lowest BCUT2D eigenvalue weighted by Gasteiger charge is -2.12. The second kappa shape index (κ2) is 4.85. The lowest BCUT2D eigenvalue weighted by molar-refractivity contribution is 0.174. The molecule has 1 aliphatic rings. The molecule has 2 heterocycles. The predicted octanol–water partition coefficient (Wildman–Crippen LogP) is 1.97. The molecule has 0 aliphatic carbocycles. The van der Waals surface area contributed by atoms with Gasteiger partial charge in [0.25, 0.3) is 5.56 Å². The summed E-state index contributed by atoms with van der Waals surface area (Å²) in [7, 11) is 0. The zero-order chi connectivity index (χ0) is 14.3. The molecule has 6 heteroatoms. The molecule has 104 valence electrons. The van der Waals surface area contributed by atoms with Gasteiger partial charge in [0.05, 0.1) is 18.7 Å². The first-order chi connectivity index (χ1) is 9.60. The van der Waals surface area contributed by atoms with Crippen LogP contribution in [-0.4, -0.2) is 16.5 Å². The van der Waals surface area contributed by atoms with Crippen LogP contribution in [0.5, 0.6) is 11.5 Å². The molecule has 5 nitrogen and oxygen atoms in total. The average Bonchev–Trinajstić information content (AvgIpc) is 2.86. The maximum absolute atomic E-state index is 12.3. The number of pyridine rings is 1. The number of hydrogen-bond acceptors (Lipinski definition) is 4. The van der Waals surface area contributed by atoms with Crippen molar-refractivity contribution >= 4 is 22.5 Å².